The molecule has 2 amide bonds. The van der Waals surface area contributed by atoms with Gasteiger partial charge in [0.05, 0.1) is 0 Å². The molecule has 2 unspecified atom stereocenters. The van der Waals surface area contributed by atoms with Crippen molar-refractivity contribution in [2.45, 2.75) is 45.2 Å². The molecule has 0 spiro atoms. The van der Waals surface area contributed by atoms with Crippen LogP contribution >= 0.6 is 0 Å². The van der Waals surface area contributed by atoms with Crippen LogP contribution in [0.25, 0.3) is 0 Å². The molecule has 2 rings (SSSR count). The maximum Gasteiger partial charge on any atom is 0.245 e. The molecular weight excluding hydrogens is 216 g/mol. The Hall–Kier alpha value is -1.32. The Bertz CT molecular complexity index is 347. The van der Waals surface area contributed by atoms with Gasteiger partial charge in [-0.15, -0.1) is 0 Å². The average molecular weight is 236 g/mol. The fourth-order valence-corrected chi connectivity index (χ4v) is 2.31. The Balaban J connectivity index is 2.15. The predicted molar refractivity (Wildman–Crippen MR) is 65.3 cm³/mol. The summed E-state index contributed by atoms with van der Waals surface area (Å²) >= 11 is 0. The molecule has 1 saturated heterocycles. The number of amides is 2. The molecule has 4 nitrogen and oxygen atoms in total. The van der Waals surface area contributed by atoms with Crippen LogP contribution in [0.2, 0.25) is 0 Å². The van der Waals surface area contributed by atoms with Gasteiger partial charge in [0.15, 0.2) is 0 Å². The normalized spacial score (nSPS) is 30.6. The highest BCUT2D eigenvalue weighted by atomic mass is 16.2. The number of carbonyl (C=O) groups excluding carboxylic acids is 2. The van der Waals surface area contributed by atoms with Crippen LogP contribution in [-0.4, -0.2) is 35.3 Å². The van der Waals surface area contributed by atoms with Crippen molar-refractivity contribution in [2.24, 2.45) is 5.92 Å². The van der Waals surface area contributed by atoms with E-state index in [9.17, 15) is 9.59 Å². The van der Waals surface area contributed by atoms with Crippen LogP contribution in [-0.2, 0) is 9.59 Å². The molecule has 0 bridgehead atoms. The number of hydrogen-bond donors (Lipinski definition) is 1. The highest BCUT2D eigenvalue weighted by molar-refractivity contribution is 5.91. The van der Waals surface area contributed by atoms with Gasteiger partial charge >= 0.3 is 0 Å². The van der Waals surface area contributed by atoms with Gasteiger partial charge in [0, 0.05) is 19.0 Å². The number of nitrogens with one attached hydrogen (secondary N) is 1. The second-order valence-corrected chi connectivity index (χ2v) is 5.00. The summed E-state index contributed by atoms with van der Waals surface area (Å²) in [6, 6.07) is -0.292. The zero-order valence-electron chi connectivity index (χ0n) is 10.5. The monoisotopic (exact) mass is 236 g/mol. The van der Waals surface area contributed by atoms with Crippen molar-refractivity contribution >= 4 is 11.8 Å². The summed E-state index contributed by atoms with van der Waals surface area (Å²) in [5, 5.41) is 2.87. The first-order chi connectivity index (χ1) is 8.13. The number of nitrogens with zero attached hydrogens (tertiary/aromatic N) is 1. The minimum atomic E-state index is -0.280. The molecule has 1 saturated carbocycles. The van der Waals surface area contributed by atoms with Crippen molar-refractivity contribution in [3.05, 3.63) is 12.2 Å². The molecule has 1 heterocycles. The lowest BCUT2D eigenvalue weighted by Gasteiger charge is -2.27. The lowest BCUT2D eigenvalue weighted by molar-refractivity contribution is -0.134. The van der Waals surface area contributed by atoms with E-state index in [0.29, 0.717) is 18.9 Å². The molecule has 94 valence electrons. The first-order valence-electron chi connectivity index (χ1n) is 6.34. The second kappa shape index (κ2) is 4.90. The summed E-state index contributed by atoms with van der Waals surface area (Å²) in [5.74, 6) is 0.458. The summed E-state index contributed by atoms with van der Waals surface area (Å²) in [5.41, 5.74) is 0. The highest BCUT2D eigenvalue weighted by Gasteiger charge is 2.42. The van der Waals surface area contributed by atoms with Crippen LogP contribution in [0.4, 0.5) is 0 Å². The van der Waals surface area contributed by atoms with Crippen molar-refractivity contribution in [1.29, 1.82) is 0 Å². The van der Waals surface area contributed by atoms with Gasteiger partial charge in [-0.25, -0.2) is 0 Å². The largest absolute Gasteiger partial charge is 0.344 e. The van der Waals surface area contributed by atoms with E-state index in [0.717, 1.165) is 12.8 Å². The van der Waals surface area contributed by atoms with E-state index in [4.69, 9.17) is 0 Å². The number of hydrogen-bond acceptors (Lipinski definition) is 2. The Morgan fingerprint density at radius 3 is 2.71 bits per heavy atom. The average Bonchev–Trinajstić information content (AvgIpc) is 3.09. The highest BCUT2D eigenvalue weighted by Crippen LogP contribution is 2.34. The molecular formula is C13H20N2O2. The van der Waals surface area contributed by atoms with Gasteiger partial charge in [-0.2, -0.15) is 0 Å². The topological polar surface area (TPSA) is 49.4 Å². The quantitative estimate of drug-likeness (QED) is 0.745. The fourth-order valence-electron chi connectivity index (χ4n) is 2.31. The number of rotatable bonds is 3. The number of carbonyl (C=O) groups is 2. The van der Waals surface area contributed by atoms with E-state index in [1.54, 1.807) is 0 Å². The Morgan fingerprint density at radius 1 is 1.41 bits per heavy atom. The van der Waals surface area contributed by atoms with Crippen LogP contribution in [0.3, 0.4) is 0 Å². The fraction of sp³-hybridized carbons (Fsp3) is 0.692. The molecule has 2 aliphatic rings. The van der Waals surface area contributed by atoms with Gasteiger partial charge in [0.2, 0.25) is 11.8 Å². The van der Waals surface area contributed by atoms with Crippen molar-refractivity contribution in [3.63, 3.8) is 0 Å². The standard InChI is InChI=1S/C13H20N2O2/c1-3-4-7-15-9(2)8-11(16)14-12(13(15)17)10-5-6-10/h3-4,9-10,12H,5-8H2,1-2H3,(H,14,16)/b4-3+. The van der Waals surface area contributed by atoms with E-state index < -0.39 is 0 Å². The van der Waals surface area contributed by atoms with Crippen LogP contribution in [0.5, 0.6) is 0 Å². The third-order valence-electron chi connectivity index (χ3n) is 3.51. The van der Waals surface area contributed by atoms with E-state index >= 15 is 0 Å². The van der Waals surface area contributed by atoms with E-state index in [-0.39, 0.29) is 23.9 Å². The number of allylic oxidation sites excluding steroid dienone is 1. The first kappa shape index (κ1) is 12.1. The Labute approximate surface area is 102 Å². The molecule has 2 fully saturated rings. The molecule has 0 aromatic carbocycles. The molecule has 4 heteroatoms. The maximum atomic E-state index is 12.4. The van der Waals surface area contributed by atoms with Gasteiger partial charge in [0.25, 0.3) is 0 Å². The Morgan fingerprint density at radius 2 is 2.12 bits per heavy atom. The van der Waals surface area contributed by atoms with Crippen molar-refractivity contribution in [2.75, 3.05) is 6.54 Å². The molecule has 2 atom stereocenters. The molecule has 1 N–H and O–H groups in total. The molecule has 1 aliphatic carbocycles. The lowest BCUT2D eigenvalue weighted by Crippen LogP contribution is -2.47. The maximum absolute atomic E-state index is 12.4. The smallest absolute Gasteiger partial charge is 0.245 e. The van der Waals surface area contributed by atoms with Crippen molar-refractivity contribution in [1.82, 2.24) is 10.2 Å². The summed E-state index contributed by atoms with van der Waals surface area (Å²) < 4.78 is 0. The second-order valence-electron chi connectivity index (χ2n) is 5.00. The summed E-state index contributed by atoms with van der Waals surface area (Å²) in [4.78, 5) is 25.9. The Kier molecular flexibility index (Phi) is 3.50. The third kappa shape index (κ3) is 2.68. The first-order valence-corrected chi connectivity index (χ1v) is 6.34. The summed E-state index contributed by atoms with van der Waals surface area (Å²) in [6.07, 6.45) is 6.43. The van der Waals surface area contributed by atoms with Gasteiger partial charge in [-0.3, -0.25) is 9.59 Å². The van der Waals surface area contributed by atoms with E-state index in [1.807, 2.05) is 30.9 Å². The van der Waals surface area contributed by atoms with Crippen LogP contribution in [0.15, 0.2) is 12.2 Å². The lowest BCUT2D eigenvalue weighted by atomic mass is 10.1. The molecule has 0 aromatic rings. The zero-order valence-corrected chi connectivity index (χ0v) is 10.5. The van der Waals surface area contributed by atoms with Crippen LogP contribution < -0.4 is 5.32 Å². The van der Waals surface area contributed by atoms with Crippen LogP contribution in [0, 0.1) is 5.92 Å². The van der Waals surface area contributed by atoms with E-state index in [2.05, 4.69) is 5.32 Å². The molecule has 1 aliphatic heterocycles. The van der Waals surface area contributed by atoms with Gasteiger partial charge < -0.3 is 10.2 Å². The van der Waals surface area contributed by atoms with E-state index in [1.165, 1.54) is 0 Å². The van der Waals surface area contributed by atoms with Gasteiger partial charge in [0.1, 0.15) is 6.04 Å². The minimum Gasteiger partial charge on any atom is -0.344 e. The van der Waals surface area contributed by atoms with Crippen LogP contribution in [0.1, 0.15) is 33.1 Å². The molecule has 17 heavy (non-hydrogen) atoms. The summed E-state index contributed by atoms with van der Waals surface area (Å²) in [7, 11) is 0. The third-order valence-corrected chi connectivity index (χ3v) is 3.51. The molecule has 0 aromatic heterocycles. The zero-order chi connectivity index (χ0) is 12.4. The predicted octanol–water partition coefficient (Wildman–Crippen LogP) is 1.08. The van der Waals surface area contributed by atoms with Gasteiger partial charge in [-0.1, -0.05) is 12.2 Å². The molecule has 0 radical (unpaired) electrons. The van der Waals surface area contributed by atoms with Gasteiger partial charge in [-0.05, 0) is 32.6 Å². The minimum absolute atomic E-state index is 0.00530. The summed E-state index contributed by atoms with van der Waals surface area (Å²) in [6.45, 7) is 4.49. The van der Waals surface area contributed by atoms with Crippen molar-refractivity contribution in [3.8, 4) is 0 Å². The SMILES string of the molecule is C/C=C/CN1C(=O)C(C2CC2)NC(=O)CC1C. The van der Waals surface area contributed by atoms with Crippen molar-refractivity contribution < 1.29 is 9.59 Å².